The van der Waals surface area contributed by atoms with Gasteiger partial charge in [-0.2, -0.15) is 0 Å². The number of allylic oxidation sites excluding steroid dienone is 2. The zero-order valence-electron chi connectivity index (χ0n) is 18.5. The molecule has 32 heavy (non-hydrogen) atoms. The molecule has 2 aromatic rings. The maximum atomic E-state index is 13.3. The molecule has 2 atom stereocenters. The molecular formula is C25H26ClNO5. The van der Waals surface area contributed by atoms with Gasteiger partial charge < -0.3 is 19.5 Å². The summed E-state index contributed by atoms with van der Waals surface area (Å²) >= 11 is 6.48. The number of esters is 2. The molecule has 0 aromatic heterocycles. The predicted molar refractivity (Wildman–Crippen MR) is 122 cm³/mol. The summed E-state index contributed by atoms with van der Waals surface area (Å²) in [6, 6.07) is 16.6. The molecule has 0 bridgehead atoms. The van der Waals surface area contributed by atoms with Gasteiger partial charge in [0.2, 0.25) is 0 Å². The Balaban J connectivity index is 1.96. The highest BCUT2D eigenvalue weighted by atomic mass is 35.5. The van der Waals surface area contributed by atoms with E-state index in [1.54, 1.807) is 39.2 Å². The van der Waals surface area contributed by atoms with Crippen molar-refractivity contribution in [3.8, 4) is 0 Å². The number of carbonyl (C=O) groups excluding carboxylic acids is 2. The highest BCUT2D eigenvalue weighted by molar-refractivity contribution is 6.31. The molecule has 7 heteroatoms. The highest BCUT2D eigenvalue weighted by Crippen LogP contribution is 2.41. The van der Waals surface area contributed by atoms with E-state index >= 15 is 0 Å². The summed E-state index contributed by atoms with van der Waals surface area (Å²) in [5.74, 6) is -1.84. The molecule has 1 aliphatic rings. The number of dihydropyridines is 1. The lowest BCUT2D eigenvalue weighted by atomic mass is 9.80. The number of methoxy groups -OCH3 is 2. The fourth-order valence-electron chi connectivity index (χ4n) is 3.86. The van der Waals surface area contributed by atoms with Crippen LogP contribution < -0.4 is 5.32 Å². The van der Waals surface area contributed by atoms with Crippen molar-refractivity contribution in [2.24, 2.45) is 0 Å². The van der Waals surface area contributed by atoms with Gasteiger partial charge in [0.05, 0.1) is 24.2 Å². The van der Waals surface area contributed by atoms with Crippen molar-refractivity contribution in [3.05, 3.63) is 93.3 Å². The van der Waals surface area contributed by atoms with Gasteiger partial charge in [-0.15, -0.1) is 0 Å². The van der Waals surface area contributed by atoms with Crippen LogP contribution in [0, 0.1) is 0 Å². The van der Waals surface area contributed by atoms with Gasteiger partial charge in [-0.1, -0.05) is 60.1 Å². The van der Waals surface area contributed by atoms with Crippen LogP contribution in [-0.2, 0) is 23.8 Å². The van der Waals surface area contributed by atoms with Crippen LogP contribution in [0.2, 0.25) is 5.02 Å². The first-order chi connectivity index (χ1) is 15.4. The van der Waals surface area contributed by atoms with Crippen LogP contribution in [0.5, 0.6) is 0 Å². The summed E-state index contributed by atoms with van der Waals surface area (Å²) in [6.07, 6.45) is -0.422. The van der Waals surface area contributed by atoms with E-state index in [0.717, 1.165) is 5.56 Å². The number of halogens is 1. The third kappa shape index (κ3) is 4.87. The van der Waals surface area contributed by atoms with Gasteiger partial charge in [-0.05, 0) is 31.0 Å². The zero-order valence-corrected chi connectivity index (χ0v) is 19.2. The van der Waals surface area contributed by atoms with E-state index in [1.165, 1.54) is 7.11 Å². The van der Waals surface area contributed by atoms with E-state index in [4.69, 9.17) is 25.8 Å². The molecule has 3 rings (SSSR count). The highest BCUT2D eigenvalue weighted by Gasteiger charge is 2.38. The second kappa shape index (κ2) is 10.5. The maximum Gasteiger partial charge on any atom is 0.336 e. The van der Waals surface area contributed by atoms with Crippen molar-refractivity contribution in [2.75, 3.05) is 20.8 Å². The number of benzene rings is 2. The second-order valence-corrected chi connectivity index (χ2v) is 7.79. The van der Waals surface area contributed by atoms with Gasteiger partial charge in [0.25, 0.3) is 0 Å². The number of nitrogens with one attached hydrogen (secondary N) is 1. The lowest BCUT2D eigenvalue weighted by Gasteiger charge is -2.31. The number of hydrogen-bond donors (Lipinski definition) is 1. The summed E-state index contributed by atoms with van der Waals surface area (Å²) in [5.41, 5.74) is 3.29. The molecule has 0 fully saturated rings. The molecule has 2 aromatic carbocycles. The van der Waals surface area contributed by atoms with Crippen molar-refractivity contribution in [3.63, 3.8) is 0 Å². The summed E-state index contributed by atoms with van der Waals surface area (Å²) in [4.78, 5) is 26.0. The summed E-state index contributed by atoms with van der Waals surface area (Å²) < 4.78 is 16.2. The van der Waals surface area contributed by atoms with E-state index in [0.29, 0.717) is 33.1 Å². The molecule has 0 saturated heterocycles. The molecule has 6 nitrogen and oxygen atoms in total. The van der Waals surface area contributed by atoms with Gasteiger partial charge in [0, 0.05) is 23.5 Å². The molecule has 0 aliphatic carbocycles. The third-order valence-electron chi connectivity index (χ3n) is 5.42. The maximum absolute atomic E-state index is 13.3. The van der Waals surface area contributed by atoms with E-state index < -0.39 is 24.0 Å². The minimum Gasteiger partial charge on any atom is -0.466 e. The summed E-state index contributed by atoms with van der Waals surface area (Å²) in [7, 11) is 2.87. The lowest BCUT2D eigenvalue weighted by molar-refractivity contribution is -0.143. The van der Waals surface area contributed by atoms with Crippen molar-refractivity contribution in [1.82, 2.24) is 5.32 Å². The van der Waals surface area contributed by atoms with Crippen LogP contribution in [-0.4, -0.2) is 32.8 Å². The molecule has 1 aliphatic heterocycles. The Morgan fingerprint density at radius 1 is 0.938 bits per heavy atom. The monoisotopic (exact) mass is 455 g/mol. The Hall–Kier alpha value is -3.09. The Kier molecular flexibility index (Phi) is 7.72. The molecule has 1 N–H and O–H groups in total. The Morgan fingerprint density at radius 3 is 2.12 bits per heavy atom. The first kappa shape index (κ1) is 23.6. The largest absolute Gasteiger partial charge is 0.466 e. The van der Waals surface area contributed by atoms with Crippen molar-refractivity contribution in [1.29, 1.82) is 0 Å². The third-order valence-corrected chi connectivity index (χ3v) is 5.77. The lowest BCUT2D eigenvalue weighted by Crippen LogP contribution is -2.32. The molecular weight excluding hydrogens is 430 g/mol. The SMILES string of the molecule is COC(=O)C1=C(C)NC(C)=C(C(=O)OCC(OC)c2ccccc2)C1c1ccccc1Cl. The van der Waals surface area contributed by atoms with Crippen LogP contribution in [0.1, 0.15) is 37.0 Å². The fraction of sp³-hybridized carbons (Fsp3) is 0.280. The van der Waals surface area contributed by atoms with Crippen LogP contribution in [0.3, 0.4) is 0 Å². The van der Waals surface area contributed by atoms with Crippen molar-refractivity contribution in [2.45, 2.75) is 25.9 Å². The van der Waals surface area contributed by atoms with Crippen LogP contribution in [0.15, 0.2) is 77.1 Å². The predicted octanol–water partition coefficient (Wildman–Crippen LogP) is 4.68. The topological polar surface area (TPSA) is 73.9 Å². The van der Waals surface area contributed by atoms with Gasteiger partial charge in [-0.25, -0.2) is 9.59 Å². The number of hydrogen-bond acceptors (Lipinski definition) is 6. The van der Waals surface area contributed by atoms with Crippen LogP contribution >= 0.6 is 11.6 Å². The number of rotatable bonds is 7. The molecule has 2 unspecified atom stereocenters. The zero-order chi connectivity index (χ0) is 23.3. The fourth-order valence-corrected chi connectivity index (χ4v) is 4.11. The number of carbonyl (C=O) groups is 2. The average Bonchev–Trinajstić information content (AvgIpc) is 2.79. The molecule has 0 radical (unpaired) electrons. The Morgan fingerprint density at radius 2 is 1.53 bits per heavy atom. The quantitative estimate of drug-likeness (QED) is 0.611. The normalized spacial score (nSPS) is 17.0. The number of ether oxygens (including phenoxy) is 3. The Labute approximate surface area is 192 Å². The summed E-state index contributed by atoms with van der Waals surface area (Å²) in [5, 5.41) is 3.55. The molecule has 1 heterocycles. The van der Waals surface area contributed by atoms with Crippen molar-refractivity contribution < 1.29 is 23.8 Å². The van der Waals surface area contributed by atoms with Gasteiger partial charge >= 0.3 is 11.9 Å². The van der Waals surface area contributed by atoms with Gasteiger partial charge in [0.15, 0.2) is 0 Å². The Bertz CT molecular complexity index is 1060. The van der Waals surface area contributed by atoms with Gasteiger partial charge in [0.1, 0.15) is 12.7 Å². The van der Waals surface area contributed by atoms with E-state index in [-0.39, 0.29) is 6.61 Å². The van der Waals surface area contributed by atoms with Crippen LogP contribution in [0.4, 0.5) is 0 Å². The molecule has 0 spiro atoms. The smallest absolute Gasteiger partial charge is 0.336 e. The first-order valence-electron chi connectivity index (χ1n) is 10.1. The summed E-state index contributed by atoms with van der Waals surface area (Å²) in [6.45, 7) is 3.54. The second-order valence-electron chi connectivity index (χ2n) is 7.38. The van der Waals surface area contributed by atoms with E-state index in [1.807, 2.05) is 36.4 Å². The van der Waals surface area contributed by atoms with E-state index in [2.05, 4.69) is 5.32 Å². The van der Waals surface area contributed by atoms with Crippen molar-refractivity contribution >= 4 is 23.5 Å². The minimum absolute atomic E-state index is 0.0155. The molecule has 0 amide bonds. The van der Waals surface area contributed by atoms with E-state index in [9.17, 15) is 9.59 Å². The molecule has 168 valence electrons. The van der Waals surface area contributed by atoms with Crippen LogP contribution in [0.25, 0.3) is 0 Å². The molecule has 0 saturated carbocycles. The first-order valence-corrected chi connectivity index (χ1v) is 10.5. The average molecular weight is 456 g/mol. The van der Waals surface area contributed by atoms with Gasteiger partial charge in [-0.3, -0.25) is 0 Å². The minimum atomic E-state index is -0.734. The standard InChI is InChI=1S/C25H26ClNO5/c1-15-21(24(28)31-4)23(18-12-8-9-13-19(18)26)22(16(2)27-15)25(29)32-14-20(30-3)17-10-6-5-7-11-17/h5-13,20,23,27H,14H2,1-4H3.